The molecule has 0 amide bonds. The van der Waals surface area contributed by atoms with Gasteiger partial charge in [0.1, 0.15) is 5.69 Å². The van der Waals surface area contributed by atoms with Crippen molar-refractivity contribution >= 4 is 9.84 Å². The topological polar surface area (TPSA) is 98.0 Å². The van der Waals surface area contributed by atoms with Crippen molar-refractivity contribution in [3.05, 3.63) is 29.8 Å². The third-order valence-corrected chi connectivity index (χ3v) is 5.04. The predicted octanol–water partition coefficient (Wildman–Crippen LogP) is 0.369. The first-order chi connectivity index (χ1) is 10.0. The molecule has 3 rings (SSSR count). The van der Waals surface area contributed by atoms with Gasteiger partial charge < -0.3 is 9.84 Å². The van der Waals surface area contributed by atoms with Gasteiger partial charge in [-0.3, -0.25) is 0 Å². The van der Waals surface area contributed by atoms with Crippen molar-refractivity contribution in [1.82, 2.24) is 20.4 Å². The smallest absolute Gasteiger partial charge is 0.228 e. The molecule has 1 N–H and O–H groups in total. The molecule has 1 aliphatic heterocycles. The van der Waals surface area contributed by atoms with E-state index in [1.807, 2.05) is 25.1 Å². The number of hydrogen-bond donors (Lipinski definition) is 1. The Labute approximate surface area is 122 Å². The minimum Gasteiger partial charge on any atom is -0.339 e. The molecule has 3 heterocycles. The molecule has 21 heavy (non-hydrogen) atoms. The van der Waals surface area contributed by atoms with E-state index in [4.69, 9.17) is 4.52 Å². The van der Waals surface area contributed by atoms with Crippen LogP contribution in [-0.2, 0) is 16.3 Å². The number of sulfone groups is 1. The molecule has 0 aliphatic carbocycles. The zero-order valence-corrected chi connectivity index (χ0v) is 12.4. The van der Waals surface area contributed by atoms with Crippen LogP contribution in [0.4, 0.5) is 0 Å². The summed E-state index contributed by atoms with van der Waals surface area (Å²) in [5.74, 6) is 1.13. The molecule has 8 heteroatoms. The van der Waals surface area contributed by atoms with Gasteiger partial charge in [0.25, 0.3) is 0 Å². The highest BCUT2D eigenvalue weighted by Crippen LogP contribution is 2.15. The van der Waals surface area contributed by atoms with Crippen LogP contribution in [0.5, 0.6) is 0 Å². The summed E-state index contributed by atoms with van der Waals surface area (Å²) in [5, 5.41) is 7.06. The average Bonchev–Trinajstić information content (AvgIpc) is 2.86. The Morgan fingerprint density at radius 2 is 2.24 bits per heavy atom. The fraction of sp³-hybridized carbons (Fsp3) is 0.462. The molecule has 1 atom stereocenters. The highest BCUT2D eigenvalue weighted by atomic mass is 32.2. The van der Waals surface area contributed by atoms with Crippen molar-refractivity contribution in [2.24, 2.45) is 0 Å². The number of nitrogens with zero attached hydrogens (tertiary/aromatic N) is 3. The lowest BCUT2D eigenvalue weighted by Crippen LogP contribution is -2.46. The normalized spacial score (nSPS) is 21.3. The van der Waals surface area contributed by atoms with Gasteiger partial charge in [-0.25, -0.2) is 13.4 Å². The molecule has 7 nitrogen and oxygen atoms in total. The third kappa shape index (κ3) is 3.45. The largest absolute Gasteiger partial charge is 0.339 e. The first kappa shape index (κ1) is 14.2. The monoisotopic (exact) mass is 308 g/mol. The predicted molar refractivity (Wildman–Crippen MR) is 76.4 cm³/mol. The second kappa shape index (κ2) is 5.53. The summed E-state index contributed by atoms with van der Waals surface area (Å²) in [5.41, 5.74) is 1.52. The van der Waals surface area contributed by atoms with Crippen molar-refractivity contribution in [1.29, 1.82) is 0 Å². The van der Waals surface area contributed by atoms with Gasteiger partial charge in [-0.15, -0.1) is 0 Å². The van der Waals surface area contributed by atoms with Crippen molar-refractivity contribution < 1.29 is 12.9 Å². The van der Waals surface area contributed by atoms with Gasteiger partial charge in [-0.1, -0.05) is 11.2 Å². The van der Waals surface area contributed by atoms with Crippen LogP contribution in [0.3, 0.4) is 0 Å². The number of pyridine rings is 1. The summed E-state index contributed by atoms with van der Waals surface area (Å²) in [6, 6.07) is 5.40. The van der Waals surface area contributed by atoms with E-state index in [0.29, 0.717) is 30.4 Å². The van der Waals surface area contributed by atoms with Crippen LogP contribution in [-0.4, -0.2) is 47.6 Å². The van der Waals surface area contributed by atoms with Gasteiger partial charge in [-0.2, -0.15) is 4.98 Å². The van der Waals surface area contributed by atoms with Crippen LogP contribution < -0.4 is 5.32 Å². The maximum atomic E-state index is 11.6. The Morgan fingerprint density at radius 3 is 3.00 bits per heavy atom. The summed E-state index contributed by atoms with van der Waals surface area (Å²) in [4.78, 5) is 8.62. The molecule has 112 valence electrons. The highest BCUT2D eigenvalue weighted by molar-refractivity contribution is 7.91. The van der Waals surface area contributed by atoms with E-state index in [-0.39, 0.29) is 17.5 Å². The lowest BCUT2D eigenvalue weighted by molar-refractivity contribution is 0.361. The molecule has 2 aromatic heterocycles. The fourth-order valence-electron chi connectivity index (χ4n) is 2.32. The second-order valence-corrected chi connectivity index (χ2v) is 7.37. The molecule has 0 aromatic carbocycles. The van der Waals surface area contributed by atoms with Crippen LogP contribution in [0.2, 0.25) is 0 Å². The number of rotatable bonds is 3. The lowest BCUT2D eigenvalue weighted by Gasteiger charge is -2.21. The number of aryl methyl sites for hydroxylation is 1. The lowest BCUT2D eigenvalue weighted by atomic mass is 10.2. The quantitative estimate of drug-likeness (QED) is 0.874. The minimum absolute atomic E-state index is 0.105. The summed E-state index contributed by atoms with van der Waals surface area (Å²) in [6.07, 6.45) is 0.401. The van der Waals surface area contributed by atoms with E-state index in [0.717, 1.165) is 5.69 Å². The van der Waals surface area contributed by atoms with E-state index >= 15 is 0 Å². The second-order valence-electron chi connectivity index (χ2n) is 5.15. The number of aromatic nitrogens is 3. The van der Waals surface area contributed by atoms with Gasteiger partial charge in [-0.05, 0) is 19.1 Å². The molecule has 1 unspecified atom stereocenters. The van der Waals surface area contributed by atoms with E-state index in [9.17, 15) is 8.42 Å². The van der Waals surface area contributed by atoms with E-state index in [2.05, 4.69) is 20.4 Å². The Balaban J connectivity index is 1.73. The van der Waals surface area contributed by atoms with Crippen molar-refractivity contribution in [2.45, 2.75) is 19.4 Å². The maximum absolute atomic E-state index is 11.6. The Kier molecular flexibility index (Phi) is 3.73. The molecule has 1 saturated heterocycles. The van der Waals surface area contributed by atoms with Crippen molar-refractivity contribution in [2.75, 3.05) is 18.1 Å². The third-order valence-electron chi connectivity index (χ3n) is 3.31. The number of hydrogen-bond acceptors (Lipinski definition) is 7. The summed E-state index contributed by atoms with van der Waals surface area (Å²) >= 11 is 0. The van der Waals surface area contributed by atoms with Crippen LogP contribution in [0, 0.1) is 6.92 Å². The summed E-state index contributed by atoms with van der Waals surface area (Å²) in [6.45, 7) is 2.36. The summed E-state index contributed by atoms with van der Waals surface area (Å²) < 4.78 is 28.4. The van der Waals surface area contributed by atoms with Gasteiger partial charge in [0.2, 0.25) is 11.7 Å². The molecule has 1 aliphatic rings. The zero-order valence-electron chi connectivity index (χ0n) is 11.6. The van der Waals surface area contributed by atoms with Crippen molar-refractivity contribution in [3.63, 3.8) is 0 Å². The Morgan fingerprint density at radius 1 is 1.38 bits per heavy atom. The molecule has 0 spiro atoms. The molecular formula is C13H16N4O3S. The number of nitrogens with one attached hydrogen (secondary N) is 1. The van der Waals surface area contributed by atoms with E-state index in [1.54, 1.807) is 0 Å². The fourth-order valence-corrected chi connectivity index (χ4v) is 3.76. The van der Waals surface area contributed by atoms with Gasteiger partial charge in [0.05, 0.1) is 11.5 Å². The maximum Gasteiger partial charge on any atom is 0.228 e. The van der Waals surface area contributed by atoms with Crippen molar-refractivity contribution in [3.8, 4) is 11.5 Å². The van der Waals surface area contributed by atoms with E-state index < -0.39 is 9.84 Å². The summed E-state index contributed by atoms with van der Waals surface area (Å²) in [7, 11) is -2.97. The highest BCUT2D eigenvalue weighted by Gasteiger charge is 2.26. The molecule has 0 bridgehead atoms. The average molecular weight is 308 g/mol. The Hall–Kier alpha value is -1.80. The van der Waals surface area contributed by atoms with Gasteiger partial charge >= 0.3 is 0 Å². The van der Waals surface area contributed by atoms with Gasteiger partial charge in [0, 0.05) is 24.7 Å². The molecule has 1 fully saturated rings. The Bertz CT molecular complexity index is 741. The minimum atomic E-state index is -2.97. The molecule has 0 saturated carbocycles. The van der Waals surface area contributed by atoms with Gasteiger partial charge in [0.15, 0.2) is 9.84 Å². The molecular weight excluding hydrogens is 292 g/mol. The SMILES string of the molecule is Cc1cccc(-c2noc(CC3CS(=O)(=O)CCN3)n2)n1. The first-order valence-corrected chi connectivity index (χ1v) is 8.54. The zero-order chi connectivity index (χ0) is 14.9. The first-order valence-electron chi connectivity index (χ1n) is 6.72. The standard InChI is InChI=1S/C13H16N4O3S/c1-9-3-2-4-11(15-9)13-16-12(20-17-13)7-10-8-21(18,19)6-5-14-10/h2-4,10,14H,5-8H2,1H3. The molecule has 0 radical (unpaired) electrons. The van der Waals surface area contributed by atoms with Crippen LogP contribution in [0.1, 0.15) is 11.6 Å². The van der Waals surface area contributed by atoms with E-state index in [1.165, 1.54) is 0 Å². The molecule has 2 aromatic rings. The van der Waals surface area contributed by atoms with Crippen LogP contribution in [0.25, 0.3) is 11.5 Å². The van der Waals surface area contributed by atoms with Crippen LogP contribution in [0.15, 0.2) is 22.7 Å². The van der Waals surface area contributed by atoms with Crippen LogP contribution >= 0.6 is 0 Å².